The van der Waals surface area contributed by atoms with E-state index >= 15 is 0 Å². The second-order valence-corrected chi connectivity index (χ2v) is 6.26. The Labute approximate surface area is 135 Å². The lowest BCUT2D eigenvalue weighted by Gasteiger charge is -2.29. The first-order valence-electron chi connectivity index (χ1n) is 8.25. The van der Waals surface area contributed by atoms with E-state index in [0.29, 0.717) is 13.0 Å². The van der Waals surface area contributed by atoms with Gasteiger partial charge in [-0.2, -0.15) is 0 Å². The van der Waals surface area contributed by atoms with Gasteiger partial charge in [-0.15, -0.1) is 0 Å². The van der Waals surface area contributed by atoms with Gasteiger partial charge in [0.25, 0.3) is 5.91 Å². The summed E-state index contributed by atoms with van der Waals surface area (Å²) in [4.78, 5) is 14.4. The van der Waals surface area contributed by atoms with Gasteiger partial charge in [0.15, 0.2) is 17.7 Å². The van der Waals surface area contributed by atoms with Crippen LogP contribution in [0.25, 0.3) is 0 Å². The molecule has 0 saturated carbocycles. The number of carbonyl (C=O) groups is 1. The van der Waals surface area contributed by atoms with Crippen LogP contribution in [0, 0.1) is 5.82 Å². The van der Waals surface area contributed by atoms with Crippen molar-refractivity contribution < 1.29 is 19.0 Å². The highest BCUT2D eigenvalue weighted by Gasteiger charge is 2.30. The van der Waals surface area contributed by atoms with Crippen molar-refractivity contribution in [2.24, 2.45) is 0 Å². The average molecular weight is 322 g/mol. The Morgan fingerprint density at radius 1 is 1.39 bits per heavy atom. The van der Waals surface area contributed by atoms with E-state index in [-0.39, 0.29) is 17.8 Å². The number of hydrogen-bond acceptors (Lipinski definition) is 4. The van der Waals surface area contributed by atoms with Crippen molar-refractivity contribution in [1.82, 2.24) is 10.2 Å². The van der Waals surface area contributed by atoms with Crippen molar-refractivity contribution in [1.29, 1.82) is 0 Å². The minimum Gasteiger partial charge on any atom is -0.477 e. The van der Waals surface area contributed by atoms with Crippen LogP contribution in [-0.2, 0) is 11.2 Å². The third kappa shape index (κ3) is 4.00. The predicted octanol–water partition coefficient (Wildman–Crippen LogP) is 1.09. The first-order chi connectivity index (χ1) is 11.1. The quantitative estimate of drug-likeness (QED) is 0.797. The molecule has 0 spiro atoms. The largest absolute Gasteiger partial charge is 0.477 e. The van der Waals surface area contributed by atoms with Crippen molar-refractivity contribution in [3.8, 4) is 5.75 Å². The monoisotopic (exact) mass is 322 g/mol. The maximum absolute atomic E-state index is 13.6. The van der Waals surface area contributed by atoms with Crippen LogP contribution in [-0.4, -0.2) is 54.3 Å². The van der Waals surface area contributed by atoms with Gasteiger partial charge >= 0.3 is 0 Å². The smallest absolute Gasteiger partial charge is 0.261 e. The van der Waals surface area contributed by atoms with Gasteiger partial charge in [0.1, 0.15) is 0 Å². The molecule has 1 amide bonds. The number of benzene rings is 1. The predicted molar refractivity (Wildman–Crippen MR) is 83.8 cm³/mol. The summed E-state index contributed by atoms with van der Waals surface area (Å²) in [5, 5.41) is 12.3. The van der Waals surface area contributed by atoms with Crippen LogP contribution in [0.1, 0.15) is 24.8 Å². The van der Waals surface area contributed by atoms with Gasteiger partial charge in [-0.25, -0.2) is 4.39 Å². The normalized spacial score (nSPS) is 21.7. The summed E-state index contributed by atoms with van der Waals surface area (Å²) < 4.78 is 19.0. The average Bonchev–Trinajstić information content (AvgIpc) is 2.99. The molecule has 1 saturated heterocycles. The van der Waals surface area contributed by atoms with Gasteiger partial charge in [-0.05, 0) is 31.9 Å². The zero-order chi connectivity index (χ0) is 16.2. The first-order valence-corrected chi connectivity index (χ1v) is 8.25. The zero-order valence-corrected chi connectivity index (χ0v) is 13.1. The number of halogens is 1. The van der Waals surface area contributed by atoms with E-state index in [0.717, 1.165) is 44.5 Å². The van der Waals surface area contributed by atoms with E-state index in [2.05, 4.69) is 10.2 Å². The Bertz CT molecular complexity index is 559. The molecule has 0 radical (unpaired) electrons. The highest BCUT2D eigenvalue weighted by atomic mass is 19.1. The van der Waals surface area contributed by atoms with E-state index in [1.165, 1.54) is 6.07 Å². The number of rotatable bonds is 5. The van der Waals surface area contributed by atoms with Crippen molar-refractivity contribution in [2.45, 2.75) is 37.9 Å². The molecule has 1 aromatic rings. The lowest BCUT2D eigenvalue weighted by molar-refractivity contribution is -0.127. The molecule has 126 valence electrons. The summed E-state index contributed by atoms with van der Waals surface area (Å²) >= 11 is 0. The summed E-state index contributed by atoms with van der Waals surface area (Å²) in [6, 6.07) is 4.76. The number of likely N-dealkylation sites (tertiary alicyclic amines) is 1. The summed E-state index contributed by atoms with van der Waals surface area (Å²) in [6.45, 7) is 3.31. The number of fused-ring (bicyclic) bond motifs is 1. The molecule has 6 heteroatoms. The van der Waals surface area contributed by atoms with Crippen LogP contribution in [0.3, 0.4) is 0 Å². The number of aliphatic hydroxyl groups is 1. The lowest BCUT2D eigenvalue weighted by atomic mass is 10.1. The van der Waals surface area contributed by atoms with Crippen LogP contribution in [0.4, 0.5) is 4.39 Å². The van der Waals surface area contributed by atoms with Crippen molar-refractivity contribution in [3.63, 3.8) is 0 Å². The molecule has 23 heavy (non-hydrogen) atoms. The van der Waals surface area contributed by atoms with Gasteiger partial charge in [0.05, 0.1) is 6.10 Å². The van der Waals surface area contributed by atoms with Gasteiger partial charge in [0, 0.05) is 31.6 Å². The number of carbonyl (C=O) groups excluding carboxylic acids is 1. The maximum Gasteiger partial charge on any atom is 0.261 e. The molecule has 2 aliphatic heterocycles. The number of para-hydroxylation sites is 1. The molecule has 1 fully saturated rings. The molecule has 0 aliphatic carbocycles. The van der Waals surface area contributed by atoms with Crippen molar-refractivity contribution in [3.05, 3.63) is 29.6 Å². The third-order valence-corrected chi connectivity index (χ3v) is 4.51. The minimum atomic E-state index is -0.632. The Kier molecular flexibility index (Phi) is 5.13. The molecule has 1 unspecified atom stereocenters. The van der Waals surface area contributed by atoms with Crippen molar-refractivity contribution >= 4 is 5.91 Å². The number of amides is 1. The Morgan fingerprint density at radius 2 is 2.17 bits per heavy atom. The summed E-state index contributed by atoms with van der Waals surface area (Å²) in [6.07, 6.45) is 2.14. The highest BCUT2D eigenvalue weighted by Crippen LogP contribution is 2.31. The number of piperidine rings is 1. The molecular formula is C17H23FN2O3. The third-order valence-electron chi connectivity index (χ3n) is 4.51. The van der Waals surface area contributed by atoms with Crippen LogP contribution in [0.15, 0.2) is 18.2 Å². The maximum atomic E-state index is 13.6. The van der Waals surface area contributed by atoms with E-state index in [1.54, 1.807) is 12.1 Å². The van der Waals surface area contributed by atoms with Crippen molar-refractivity contribution in [2.75, 3.05) is 26.2 Å². The van der Waals surface area contributed by atoms with Gasteiger partial charge in [-0.1, -0.05) is 12.1 Å². The molecule has 0 aromatic heterocycles. The molecule has 2 N–H and O–H groups in total. The summed E-state index contributed by atoms with van der Waals surface area (Å²) in [7, 11) is 0. The van der Waals surface area contributed by atoms with Gasteiger partial charge in [-0.3, -0.25) is 4.79 Å². The molecule has 2 aliphatic rings. The Hall–Kier alpha value is -1.66. The fraction of sp³-hybridized carbons (Fsp3) is 0.588. The SMILES string of the molecule is O=C(NCCCN1CCC(O)CC1)C1Cc2cccc(F)c2O1. The van der Waals surface area contributed by atoms with Gasteiger partial charge in [0.2, 0.25) is 0 Å². The first kappa shape index (κ1) is 16.2. The van der Waals surface area contributed by atoms with E-state index < -0.39 is 11.9 Å². The molecule has 2 heterocycles. The lowest BCUT2D eigenvalue weighted by Crippen LogP contribution is -2.40. The number of nitrogens with zero attached hydrogens (tertiary/aromatic N) is 1. The number of nitrogens with one attached hydrogen (secondary N) is 1. The molecule has 1 aromatic carbocycles. The second kappa shape index (κ2) is 7.27. The molecule has 3 rings (SSSR count). The molecule has 5 nitrogen and oxygen atoms in total. The number of ether oxygens (including phenoxy) is 1. The standard InChI is InChI=1S/C17H23FN2O3/c18-14-4-1-3-12-11-15(23-16(12)14)17(22)19-7-2-8-20-9-5-13(21)6-10-20/h1,3-4,13,15,21H,2,5-11H2,(H,19,22). The fourth-order valence-corrected chi connectivity index (χ4v) is 3.15. The highest BCUT2D eigenvalue weighted by molar-refractivity contribution is 5.82. The fourth-order valence-electron chi connectivity index (χ4n) is 3.15. The minimum absolute atomic E-state index is 0.160. The summed E-state index contributed by atoms with van der Waals surface area (Å²) in [5.41, 5.74) is 0.747. The summed E-state index contributed by atoms with van der Waals surface area (Å²) in [5.74, 6) is -0.390. The van der Waals surface area contributed by atoms with E-state index in [1.807, 2.05) is 0 Å². The van der Waals surface area contributed by atoms with Gasteiger partial charge < -0.3 is 20.1 Å². The topological polar surface area (TPSA) is 61.8 Å². The Balaban J connectivity index is 1.37. The molecule has 0 bridgehead atoms. The second-order valence-electron chi connectivity index (χ2n) is 6.26. The van der Waals surface area contributed by atoms with Crippen LogP contribution in [0.2, 0.25) is 0 Å². The van der Waals surface area contributed by atoms with Crippen LogP contribution < -0.4 is 10.1 Å². The molecular weight excluding hydrogens is 299 g/mol. The van der Waals surface area contributed by atoms with Crippen LogP contribution in [0.5, 0.6) is 5.75 Å². The van der Waals surface area contributed by atoms with E-state index in [9.17, 15) is 14.3 Å². The number of aliphatic hydroxyl groups excluding tert-OH is 1. The van der Waals surface area contributed by atoms with Crippen LogP contribution >= 0.6 is 0 Å². The molecule has 1 atom stereocenters. The Morgan fingerprint density at radius 3 is 2.91 bits per heavy atom. The zero-order valence-electron chi connectivity index (χ0n) is 13.1. The van der Waals surface area contributed by atoms with E-state index in [4.69, 9.17) is 4.74 Å². The number of hydrogen-bond donors (Lipinski definition) is 2.